The summed E-state index contributed by atoms with van der Waals surface area (Å²) in [7, 11) is 1.59. The highest BCUT2D eigenvalue weighted by Crippen LogP contribution is 2.24. The van der Waals surface area contributed by atoms with Gasteiger partial charge in [-0.2, -0.15) is 0 Å². The Kier molecular flexibility index (Phi) is 3.52. The molecule has 76 valence electrons. The maximum Gasteiger partial charge on any atom is 0.318 e. The first-order valence-corrected chi connectivity index (χ1v) is 5.09. The largest absolute Gasteiger partial charge is 0.341 e. The Bertz CT molecular complexity index is 340. The van der Waals surface area contributed by atoms with E-state index in [9.17, 15) is 4.79 Å². The van der Waals surface area contributed by atoms with Crippen LogP contribution in [0.5, 0.6) is 0 Å². The average molecular weight is 257 g/mol. The second-order valence-electron chi connectivity index (χ2n) is 3.13. The van der Waals surface area contributed by atoms with Crippen molar-refractivity contribution in [3.05, 3.63) is 27.7 Å². The van der Waals surface area contributed by atoms with Crippen molar-refractivity contribution in [3.63, 3.8) is 0 Å². The van der Waals surface area contributed by atoms with Gasteiger partial charge in [-0.05, 0) is 37.1 Å². The zero-order valence-electron chi connectivity index (χ0n) is 8.44. The summed E-state index contributed by atoms with van der Waals surface area (Å²) in [5, 5.41) is 5.23. The second-order valence-corrected chi connectivity index (χ2v) is 3.92. The van der Waals surface area contributed by atoms with Crippen molar-refractivity contribution in [2.45, 2.75) is 13.8 Å². The molecule has 1 rings (SSSR count). The third-order valence-corrected chi connectivity index (χ3v) is 3.17. The lowest BCUT2D eigenvalue weighted by molar-refractivity contribution is 0.254. The number of hydrogen-bond donors (Lipinski definition) is 2. The Morgan fingerprint density at radius 2 is 1.79 bits per heavy atom. The quantitative estimate of drug-likeness (QED) is 0.798. The molecule has 1 aromatic carbocycles. The van der Waals surface area contributed by atoms with Gasteiger partial charge in [-0.1, -0.05) is 15.9 Å². The molecule has 2 amide bonds. The van der Waals surface area contributed by atoms with Gasteiger partial charge in [0.2, 0.25) is 0 Å². The van der Waals surface area contributed by atoms with Crippen molar-refractivity contribution in [1.82, 2.24) is 5.32 Å². The molecule has 0 spiro atoms. The molecule has 0 heterocycles. The molecule has 3 nitrogen and oxygen atoms in total. The zero-order valence-corrected chi connectivity index (χ0v) is 10.0. The van der Waals surface area contributed by atoms with E-state index in [1.165, 1.54) is 0 Å². The summed E-state index contributed by atoms with van der Waals surface area (Å²) < 4.78 is 1.08. The van der Waals surface area contributed by atoms with E-state index in [1.807, 2.05) is 26.0 Å². The topological polar surface area (TPSA) is 41.1 Å². The molecular weight excluding hydrogens is 244 g/mol. The normalized spacial score (nSPS) is 9.71. The monoisotopic (exact) mass is 256 g/mol. The molecule has 4 heteroatoms. The fourth-order valence-electron chi connectivity index (χ4n) is 1.21. The van der Waals surface area contributed by atoms with Crippen molar-refractivity contribution < 1.29 is 4.79 Å². The number of aryl methyl sites for hydroxylation is 2. The summed E-state index contributed by atoms with van der Waals surface area (Å²) in [4.78, 5) is 11.1. The molecule has 0 aliphatic carbocycles. The number of carbonyl (C=O) groups excluding carboxylic acids is 1. The Morgan fingerprint density at radius 1 is 1.29 bits per heavy atom. The molecule has 0 aliphatic heterocycles. The second kappa shape index (κ2) is 4.46. The highest BCUT2D eigenvalue weighted by molar-refractivity contribution is 9.10. The summed E-state index contributed by atoms with van der Waals surface area (Å²) >= 11 is 3.47. The van der Waals surface area contributed by atoms with Gasteiger partial charge in [-0.3, -0.25) is 0 Å². The number of carbonyl (C=O) groups is 1. The smallest absolute Gasteiger partial charge is 0.318 e. The van der Waals surface area contributed by atoms with Crippen LogP contribution in [0.15, 0.2) is 16.6 Å². The Labute approximate surface area is 92.0 Å². The molecule has 0 radical (unpaired) electrons. The number of halogens is 1. The molecule has 14 heavy (non-hydrogen) atoms. The first-order chi connectivity index (χ1) is 6.54. The van der Waals surface area contributed by atoms with Crippen molar-refractivity contribution in [1.29, 1.82) is 0 Å². The van der Waals surface area contributed by atoms with Crippen LogP contribution in [-0.4, -0.2) is 13.1 Å². The van der Waals surface area contributed by atoms with Crippen LogP contribution in [0.2, 0.25) is 0 Å². The number of rotatable bonds is 1. The number of urea groups is 1. The van der Waals surface area contributed by atoms with Gasteiger partial charge in [0, 0.05) is 17.2 Å². The van der Waals surface area contributed by atoms with Gasteiger partial charge in [0.1, 0.15) is 0 Å². The van der Waals surface area contributed by atoms with E-state index in [2.05, 4.69) is 26.6 Å². The Balaban J connectivity index is 2.95. The minimum atomic E-state index is -0.203. The third-order valence-electron chi connectivity index (χ3n) is 1.92. The molecular formula is C10H13BrN2O. The van der Waals surface area contributed by atoms with Crippen LogP contribution in [-0.2, 0) is 0 Å². The zero-order chi connectivity index (χ0) is 10.7. The predicted octanol–water partition coefficient (Wildman–Crippen LogP) is 2.82. The summed E-state index contributed by atoms with van der Waals surface area (Å²) in [5.41, 5.74) is 3.02. The summed E-state index contributed by atoms with van der Waals surface area (Å²) in [6, 6.07) is 3.64. The van der Waals surface area contributed by atoms with Crippen LogP contribution in [0, 0.1) is 13.8 Å². The molecule has 0 atom stereocenters. The minimum Gasteiger partial charge on any atom is -0.341 e. The van der Waals surface area contributed by atoms with Crippen LogP contribution in [0.25, 0.3) is 0 Å². The van der Waals surface area contributed by atoms with E-state index in [1.54, 1.807) is 7.05 Å². The molecule has 0 bridgehead atoms. The van der Waals surface area contributed by atoms with Gasteiger partial charge < -0.3 is 10.6 Å². The first kappa shape index (κ1) is 11.0. The van der Waals surface area contributed by atoms with E-state index >= 15 is 0 Å². The lowest BCUT2D eigenvalue weighted by Crippen LogP contribution is -2.24. The number of anilines is 1. The first-order valence-electron chi connectivity index (χ1n) is 4.30. The van der Waals surface area contributed by atoms with Gasteiger partial charge in [0.25, 0.3) is 0 Å². The van der Waals surface area contributed by atoms with Crippen molar-refractivity contribution >= 4 is 27.6 Å². The minimum absolute atomic E-state index is 0.203. The van der Waals surface area contributed by atoms with Gasteiger partial charge in [0.15, 0.2) is 0 Å². The molecule has 0 aliphatic rings. The number of benzene rings is 1. The van der Waals surface area contributed by atoms with Crippen LogP contribution >= 0.6 is 15.9 Å². The lowest BCUT2D eigenvalue weighted by atomic mass is 10.1. The SMILES string of the molecule is CNC(=O)Nc1cc(C)c(Br)c(C)c1. The molecule has 1 aromatic rings. The Hall–Kier alpha value is -1.03. The number of hydrogen-bond acceptors (Lipinski definition) is 1. The number of amides is 2. The molecule has 0 fully saturated rings. The van der Waals surface area contributed by atoms with E-state index in [4.69, 9.17) is 0 Å². The highest BCUT2D eigenvalue weighted by atomic mass is 79.9. The molecule has 2 N–H and O–H groups in total. The van der Waals surface area contributed by atoms with E-state index in [-0.39, 0.29) is 6.03 Å². The fourth-order valence-corrected chi connectivity index (χ4v) is 1.44. The van der Waals surface area contributed by atoms with Crippen LogP contribution in [0.4, 0.5) is 10.5 Å². The van der Waals surface area contributed by atoms with Crippen LogP contribution in [0.1, 0.15) is 11.1 Å². The third kappa shape index (κ3) is 2.48. The van der Waals surface area contributed by atoms with Crippen LogP contribution < -0.4 is 10.6 Å². The maximum atomic E-state index is 11.1. The maximum absolute atomic E-state index is 11.1. The molecule has 0 unspecified atom stereocenters. The average Bonchev–Trinajstić information content (AvgIpc) is 2.14. The summed E-state index contributed by atoms with van der Waals surface area (Å²) in [5.74, 6) is 0. The van der Waals surface area contributed by atoms with E-state index in [0.717, 1.165) is 21.3 Å². The van der Waals surface area contributed by atoms with Gasteiger partial charge in [-0.15, -0.1) is 0 Å². The van der Waals surface area contributed by atoms with Crippen molar-refractivity contribution in [3.8, 4) is 0 Å². The molecule has 0 saturated carbocycles. The van der Waals surface area contributed by atoms with Crippen molar-refractivity contribution in [2.75, 3.05) is 12.4 Å². The van der Waals surface area contributed by atoms with Crippen LogP contribution in [0.3, 0.4) is 0 Å². The van der Waals surface area contributed by atoms with Gasteiger partial charge in [0.05, 0.1) is 0 Å². The fraction of sp³-hybridized carbons (Fsp3) is 0.300. The van der Waals surface area contributed by atoms with E-state index < -0.39 is 0 Å². The summed E-state index contributed by atoms with van der Waals surface area (Å²) in [6.07, 6.45) is 0. The van der Waals surface area contributed by atoms with Gasteiger partial charge in [-0.25, -0.2) is 4.79 Å². The van der Waals surface area contributed by atoms with E-state index in [0.29, 0.717) is 0 Å². The van der Waals surface area contributed by atoms with Crippen molar-refractivity contribution in [2.24, 2.45) is 0 Å². The number of nitrogens with one attached hydrogen (secondary N) is 2. The molecule has 0 aromatic heterocycles. The highest BCUT2D eigenvalue weighted by Gasteiger charge is 2.03. The summed E-state index contributed by atoms with van der Waals surface area (Å²) in [6.45, 7) is 3.98. The van der Waals surface area contributed by atoms with Gasteiger partial charge >= 0.3 is 6.03 Å². The lowest BCUT2D eigenvalue weighted by Gasteiger charge is -2.08. The predicted molar refractivity (Wildman–Crippen MR) is 61.7 cm³/mol. The standard InChI is InChI=1S/C10H13BrN2O/c1-6-4-8(13-10(14)12-3)5-7(2)9(6)11/h4-5H,1-3H3,(H2,12,13,14). The molecule has 0 saturated heterocycles. The Morgan fingerprint density at radius 3 is 2.21 bits per heavy atom.